The molecule has 2 rings (SSSR count). The van der Waals surface area contributed by atoms with Gasteiger partial charge in [-0.25, -0.2) is 0 Å². The second-order valence-corrected chi connectivity index (χ2v) is 4.72. The molecule has 104 valence electrons. The molecule has 1 aromatic heterocycles. The van der Waals surface area contributed by atoms with E-state index in [1.54, 1.807) is 18.5 Å². The Morgan fingerprint density at radius 1 is 1.63 bits per heavy atom. The number of hydrogen-bond donors (Lipinski definition) is 2. The average molecular weight is 266 g/mol. The lowest BCUT2D eigenvalue weighted by atomic mass is 10.2. The summed E-state index contributed by atoms with van der Waals surface area (Å²) in [6.45, 7) is 2.48. The molecule has 0 spiro atoms. The van der Waals surface area contributed by atoms with Crippen LogP contribution in [0.1, 0.15) is 24.2 Å². The fraction of sp³-hybridized carbons (Fsp3) is 0.538. The van der Waals surface area contributed by atoms with Gasteiger partial charge >= 0.3 is 0 Å². The maximum atomic E-state index is 11.8. The molecule has 1 aliphatic rings. The molecule has 6 heteroatoms. The van der Waals surface area contributed by atoms with Gasteiger partial charge in [-0.2, -0.15) is 0 Å². The van der Waals surface area contributed by atoms with Crippen LogP contribution in [0.2, 0.25) is 0 Å². The zero-order chi connectivity index (χ0) is 14.0. The smallest absolute Gasteiger partial charge is 0.249 e. The molecular weight excluding hydrogens is 248 g/mol. The van der Waals surface area contributed by atoms with E-state index >= 15 is 0 Å². The van der Waals surface area contributed by atoms with Gasteiger partial charge in [-0.1, -0.05) is 0 Å². The van der Waals surface area contributed by atoms with Crippen molar-refractivity contribution in [3.8, 4) is 5.75 Å². The topological polar surface area (TPSA) is 80.6 Å². The van der Waals surface area contributed by atoms with Crippen LogP contribution in [0.25, 0.3) is 0 Å². The van der Waals surface area contributed by atoms with Crippen molar-refractivity contribution in [3.63, 3.8) is 0 Å². The number of carbonyl (C=O) groups excluding carboxylic acids is 1. The van der Waals surface area contributed by atoms with Gasteiger partial charge in [-0.05, 0) is 19.8 Å². The molecule has 2 N–H and O–H groups in total. The van der Waals surface area contributed by atoms with Crippen molar-refractivity contribution in [1.82, 2.24) is 9.88 Å². The summed E-state index contributed by atoms with van der Waals surface area (Å²) in [5.41, 5.74) is 0.692. The predicted octanol–water partition coefficient (Wildman–Crippen LogP) is 0.195. The molecule has 1 aromatic rings. The number of hydrogen-bond acceptors (Lipinski definition) is 4. The Bertz CT molecular complexity index is 544. The zero-order valence-electron chi connectivity index (χ0n) is 11.1. The van der Waals surface area contributed by atoms with Gasteiger partial charge in [0, 0.05) is 25.4 Å². The SMILES string of the molecule is Cc1cc(=O)c(O)c(CNC(=O)C2CCCO2)n1C. The molecule has 1 amide bonds. The Kier molecular flexibility index (Phi) is 3.90. The van der Waals surface area contributed by atoms with Crippen molar-refractivity contribution in [2.75, 3.05) is 6.61 Å². The highest BCUT2D eigenvalue weighted by Gasteiger charge is 2.23. The Hall–Kier alpha value is -1.82. The first kappa shape index (κ1) is 13.6. The summed E-state index contributed by atoms with van der Waals surface area (Å²) in [4.78, 5) is 23.3. The van der Waals surface area contributed by atoms with E-state index in [2.05, 4.69) is 5.32 Å². The summed E-state index contributed by atoms with van der Waals surface area (Å²) in [6, 6.07) is 1.36. The van der Waals surface area contributed by atoms with Gasteiger partial charge < -0.3 is 19.7 Å². The van der Waals surface area contributed by atoms with E-state index in [1.807, 2.05) is 0 Å². The predicted molar refractivity (Wildman–Crippen MR) is 68.9 cm³/mol. The third-order valence-corrected chi connectivity index (χ3v) is 3.43. The Morgan fingerprint density at radius 3 is 3.00 bits per heavy atom. The van der Waals surface area contributed by atoms with Crippen molar-refractivity contribution in [1.29, 1.82) is 0 Å². The molecule has 0 aromatic carbocycles. The summed E-state index contributed by atoms with van der Waals surface area (Å²) >= 11 is 0. The lowest BCUT2D eigenvalue weighted by Gasteiger charge is -2.15. The maximum Gasteiger partial charge on any atom is 0.249 e. The van der Waals surface area contributed by atoms with Gasteiger partial charge in [0.1, 0.15) is 6.10 Å². The van der Waals surface area contributed by atoms with E-state index in [0.717, 1.165) is 12.1 Å². The van der Waals surface area contributed by atoms with Gasteiger partial charge in [-0.15, -0.1) is 0 Å². The molecule has 0 aliphatic carbocycles. The van der Waals surface area contributed by atoms with Crippen LogP contribution in [0.4, 0.5) is 0 Å². The van der Waals surface area contributed by atoms with Crippen LogP contribution >= 0.6 is 0 Å². The van der Waals surface area contributed by atoms with Gasteiger partial charge in [0.15, 0.2) is 5.75 Å². The number of rotatable bonds is 3. The molecule has 0 saturated carbocycles. The van der Waals surface area contributed by atoms with E-state index < -0.39 is 11.5 Å². The first-order valence-corrected chi connectivity index (χ1v) is 6.28. The molecule has 19 heavy (non-hydrogen) atoms. The highest BCUT2D eigenvalue weighted by molar-refractivity contribution is 5.80. The van der Waals surface area contributed by atoms with Crippen molar-refractivity contribution < 1.29 is 14.6 Å². The van der Waals surface area contributed by atoms with E-state index in [1.165, 1.54) is 6.07 Å². The quantitative estimate of drug-likeness (QED) is 0.818. The first-order chi connectivity index (χ1) is 9.00. The van der Waals surface area contributed by atoms with Gasteiger partial charge in [0.2, 0.25) is 11.3 Å². The number of aryl methyl sites for hydroxylation is 1. The first-order valence-electron chi connectivity index (χ1n) is 6.28. The third kappa shape index (κ3) is 2.78. The Labute approximate surface area is 111 Å². The molecule has 2 heterocycles. The molecular formula is C13H18N2O4. The highest BCUT2D eigenvalue weighted by atomic mass is 16.5. The number of carbonyl (C=O) groups is 1. The summed E-state index contributed by atoms with van der Waals surface area (Å²) < 4.78 is 6.96. The monoisotopic (exact) mass is 266 g/mol. The molecule has 0 radical (unpaired) electrons. The number of aromatic nitrogens is 1. The van der Waals surface area contributed by atoms with Crippen molar-refractivity contribution in [2.45, 2.75) is 32.4 Å². The minimum atomic E-state index is -0.433. The number of nitrogens with one attached hydrogen (secondary N) is 1. The number of amides is 1. The number of ether oxygens (including phenoxy) is 1. The summed E-state index contributed by atoms with van der Waals surface area (Å²) in [6.07, 6.45) is 1.18. The second kappa shape index (κ2) is 5.44. The number of nitrogens with zero attached hydrogens (tertiary/aromatic N) is 1. The second-order valence-electron chi connectivity index (χ2n) is 4.72. The van der Waals surface area contributed by atoms with Gasteiger partial charge in [0.05, 0.1) is 12.2 Å². The van der Waals surface area contributed by atoms with Crippen LogP contribution in [0.3, 0.4) is 0 Å². The highest BCUT2D eigenvalue weighted by Crippen LogP contribution is 2.14. The fourth-order valence-electron chi connectivity index (χ4n) is 2.14. The van der Waals surface area contributed by atoms with E-state index in [4.69, 9.17) is 4.74 Å². The minimum Gasteiger partial charge on any atom is -0.503 e. The van der Waals surface area contributed by atoms with Crippen molar-refractivity contribution >= 4 is 5.91 Å². The largest absolute Gasteiger partial charge is 0.503 e. The van der Waals surface area contributed by atoms with E-state index in [0.29, 0.717) is 18.7 Å². The molecule has 1 unspecified atom stereocenters. The zero-order valence-corrected chi connectivity index (χ0v) is 11.1. The van der Waals surface area contributed by atoms with Crippen LogP contribution in [0, 0.1) is 6.92 Å². The van der Waals surface area contributed by atoms with Crippen molar-refractivity contribution in [3.05, 3.63) is 27.7 Å². The average Bonchev–Trinajstić information content (AvgIpc) is 2.90. The summed E-state index contributed by atoms with van der Waals surface area (Å²) in [5, 5.41) is 12.5. The Morgan fingerprint density at radius 2 is 2.37 bits per heavy atom. The standard InChI is InChI=1S/C13H18N2O4/c1-8-6-10(16)12(17)9(15(8)2)7-14-13(18)11-4-3-5-19-11/h6,11,17H,3-5,7H2,1-2H3,(H,14,18). The van der Waals surface area contributed by atoms with E-state index in [9.17, 15) is 14.7 Å². The molecule has 1 saturated heterocycles. The van der Waals surface area contributed by atoms with Crippen LogP contribution in [-0.2, 0) is 23.1 Å². The third-order valence-electron chi connectivity index (χ3n) is 3.43. The molecule has 6 nitrogen and oxygen atoms in total. The molecule has 1 atom stereocenters. The lowest BCUT2D eigenvalue weighted by Crippen LogP contribution is -2.34. The summed E-state index contributed by atoms with van der Waals surface area (Å²) in [7, 11) is 1.74. The number of aromatic hydroxyl groups is 1. The lowest BCUT2D eigenvalue weighted by molar-refractivity contribution is -0.130. The van der Waals surface area contributed by atoms with E-state index in [-0.39, 0.29) is 18.2 Å². The normalized spacial score (nSPS) is 18.5. The van der Waals surface area contributed by atoms with Crippen molar-refractivity contribution in [2.24, 2.45) is 7.05 Å². The minimum absolute atomic E-state index is 0.109. The number of pyridine rings is 1. The molecule has 0 bridgehead atoms. The van der Waals surface area contributed by atoms with Gasteiger partial charge in [0.25, 0.3) is 0 Å². The fourth-order valence-corrected chi connectivity index (χ4v) is 2.14. The summed E-state index contributed by atoms with van der Waals surface area (Å²) in [5.74, 6) is -0.522. The Balaban J connectivity index is 2.11. The molecule has 1 fully saturated rings. The van der Waals surface area contributed by atoms with Crippen LogP contribution in [0.15, 0.2) is 10.9 Å². The molecule has 1 aliphatic heterocycles. The van der Waals surface area contributed by atoms with Crippen LogP contribution in [0.5, 0.6) is 5.75 Å². The van der Waals surface area contributed by atoms with Crippen LogP contribution in [-0.4, -0.2) is 28.3 Å². The maximum absolute atomic E-state index is 11.8. The van der Waals surface area contributed by atoms with Gasteiger partial charge in [-0.3, -0.25) is 9.59 Å². The van der Waals surface area contributed by atoms with Crippen LogP contribution < -0.4 is 10.7 Å².